The van der Waals surface area contributed by atoms with Crippen molar-refractivity contribution in [1.29, 1.82) is 0 Å². The van der Waals surface area contributed by atoms with Crippen LogP contribution in [0, 0.1) is 0 Å². The van der Waals surface area contributed by atoms with Crippen LogP contribution in [0.4, 0.5) is 10.8 Å². The van der Waals surface area contributed by atoms with Crippen LogP contribution in [0.25, 0.3) is 0 Å². The summed E-state index contributed by atoms with van der Waals surface area (Å²) in [5.41, 5.74) is 1.61. The zero-order valence-corrected chi connectivity index (χ0v) is 17.9. The summed E-state index contributed by atoms with van der Waals surface area (Å²) < 4.78 is 0.670. The van der Waals surface area contributed by atoms with Crippen LogP contribution in [0.1, 0.15) is 45.7 Å². The number of benzene rings is 2. The first-order valence-electron chi connectivity index (χ1n) is 9.28. The topological polar surface area (TPSA) is 101 Å². The maximum Gasteiger partial charge on any atom is 0.234 e. The molecule has 1 amide bonds. The molecule has 1 aliphatic carbocycles. The van der Waals surface area contributed by atoms with Crippen molar-refractivity contribution in [3.63, 3.8) is 0 Å². The summed E-state index contributed by atoms with van der Waals surface area (Å²) in [6.07, 6.45) is 0. The molecule has 0 saturated carbocycles. The Hall–Kier alpha value is -3.04. The van der Waals surface area contributed by atoms with E-state index in [0.29, 0.717) is 31.8 Å². The zero-order valence-electron chi connectivity index (χ0n) is 16.3. The number of carbonyl (C=O) groups is 3. The van der Waals surface area contributed by atoms with E-state index in [-0.39, 0.29) is 34.8 Å². The fraction of sp³-hybridized carbons (Fsp3) is 0.190. The fourth-order valence-corrected chi connectivity index (χ4v) is 4.83. The predicted octanol–water partition coefficient (Wildman–Crippen LogP) is 3.86. The minimum Gasteiger partial charge on any atom is -0.358 e. The Morgan fingerprint density at radius 3 is 2.43 bits per heavy atom. The summed E-state index contributed by atoms with van der Waals surface area (Å²) in [5, 5.41) is 14.7. The van der Waals surface area contributed by atoms with Gasteiger partial charge in [-0.05, 0) is 19.9 Å². The number of amides is 1. The highest BCUT2D eigenvalue weighted by Gasteiger charge is 2.31. The van der Waals surface area contributed by atoms with Gasteiger partial charge in [0.25, 0.3) is 0 Å². The van der Waals surface area contributed by atoms with Crippen LogP contribution in [0.5, 0.6) is 0 Å². The molecular weight excluding hydrogens is 420 g/mol. The summed E-state index contributed by atoms with van der Waals surface area (Å²) in [6.45, 7) is 4.01. The minimum absolute atomic E-state index is 0.110. The number of hydrogen-bond acceptors (Lipinski definition) is 8. The second-order valence-electron chi connectivity index (χ2n) is 6.94. The number of nitrogens with zero attached hydrogens (tertiary/aromatic N) is 2. The van der Waals surface area contributed by atoms with Crippen molar-refractivity contribution in [3.05, 3.63) is 64.7 Å². The Bertz CT molecular complexity index is 1160. The SMILES string of the molecule is CC(C)Nc1nnc(SCC(=O)Nc2cccc3c2C(=O)c2ccccc2C3=O)s1. The molecule has 9 heteroatoms. The Labute approximate surface area is 181 Å². The first kappa shape index (κ1) is 20.2. The summed E-state index contributed by atoms with van der Waals surface area (Å²) in [7, 11) is 0. The van der Waals surface area contributed by atoms with E-state index in [4.69, 9.17) is 0 Å². The third-order valence-corrected chi connectivity index (χ3v) is 6.36. The highest BCUT2D eigenvalue weighted by Crippen LogP contribution is 2.32. The summed E-state index contributed by atoms with van der Waals surface area (Å²) in [6, 6.07) is 11.9. The number of anilines is 2. The number of aromatic nitrogens is 2. The number of carbonyl (C=O) groups excluding carboxylic acids is 3. The van der Waals surface area contributed by atoms with Gasteiger partial charge in [-0.25, -0.2) is 0 Å². The monoisotopic (exact) mass is 438 g/mol. The lowest BCUT2D eigenvalue weighted by molar-refractivity contribution is -0.113. The number of fused-ring (bicyclic) bond motifs is 2. The standard InChI is InChI=1S/C21H18N4O3S2/c1-11(2)22-20-24-25-21(30-20)29-10-16(26)23-15-9-5-8-14-17(15)19(28)13-7-4-3-6-12(13)18(14)27/h3-9,11H,10H2,1-2H3,(H,22,24)(H,23,26). The van der Waals surface area contributed by atoms with Crippen molar-refractivity contribution >= 4 is 51.4 Å². The van der Waals surface area contributed by atoms with Gasteiger partial charge in [0.15, 0.2) is 15.9 Å². The van der Waals surface area contributed by atoms with E-state index in [1.165, 1.54) is 23.1 Å². The molecule has 0 radical (unpaired) electrons. The van der Waals surface area contributed by atoms with Gasteiger partial charge < -0.3 is 10.6 Å². The fourth-order valence-electron chi connectivity index (χ4n) is 3.14. The molecule has 4 rings (SSSR count). The number of rotatable bonds is 6. The summed E-state index contributed by atoms with van der Waals surface area (Å²) in [5.74, 6) is -0.665. The largest absolute Gasteiger partial charge is 0.358 e. The normalized spacial score (nSPS) is 12.5. The molecule has 0 bridgehead atoms. The van der Waals surface area contributed by atoms with Crippen LogP contribution in [-0.2, 0) is 4.79 Å². The molecule has 7 nitrogen and oxygen atoms in total. The highest BCUT2D eigenvalue weighted by molar-refractivity contribution is 8.01. The average molecular weight is 439 g/mol. The molecule has 0 unspecified atom stereocenters. The lowest BCUT2D eigenvalue weighted by atomic mass is 9.83. The van der Waals surface area contributed by atoms with Crippen LogP contribution < -0.4 is 10.6 Å². The van der Waals surface area contributed by atoms with Crippen molar-refractivity contribution in [3.8, 4) is 0 Å². The molecule has 1 aliphatic rings. The average Bonchev–Trinajstić information content (AvgIpc) is 3.17. The van der Waals surface area contributed by atoms with Crippen molar-refractivity contribution in [2.24, 2.45) is 0 Å². The van der Waals surface area contributed by atoms with E-state index < -0.39 is 0 Å². The summed E-state index contributed by atoms with van der Waals surface area (Å²) in [4.78, 5) is 38.3. The molecule has 3 aromatic rings. The smallest absolute Gasteiger partial charge is 0.234 e. The Morgan fingerprint density at radius 2 is 1.70 bits per heavy atom. The number of ketones is 2. The Morgan fingerprint density at radius 1 is 1.00 bits per heavy atom. The molecule has 1 aromatic heterocycles. The van der Waals surface area contributed by atoms with Crippen LogP contribution >= 0.6 is 23.1 Å². The van der Waals surface area contributed by atoms with Crippen molar-refractivity contribution in [1.82, 2.24) is 10.2 Å². The lowest BCUT2D eigenvalue weighted by Crippen LogP contribution is -2.24. The molecule has 1 heterocycles. The molecule has 2 aromatic carbocycles. The van der Waals surface area contributed by atoms with Gasteiger partial charge in [-0.3, -0.25) is 14.4 Å². The molecule has 0 saturated heterocycles. The van der Waals surface area contributed by atoms with Crippen LogP contribution in [0.15, 0.2) is 46.8 Å². The maximum atomic E-state index is 13.0. The van der Waals surface area contributed by atoms with Crippen molar-refractivity contribution < 1.29 is 14.4 Å². The molecule has 0 aliphatic heterocycles. The van der Waals surface area contributed by atoms with Gasteiger partial charge >= 0.3 is 0 Å². The number of thioether (sulfide) groups is 1. The van der Waals surface area contributed by atoms with Crippen LogP contribution in [-0.4, -0.2) is 39.5 Å². The van der Waals surface area contributed by atoms with Gasteiger partial charge in [0.05, 0.1) is 17.0 Å². The van der Waals surface area contributed by atoms with Crippen molar-refractivity contribution in [2.75, 3.05) is 16.4 Å². The number of nitrogens with one attached hydrogen (secondary N) is 2. The van der Waals surface area contributed by atoms with E-state index in [1.807, 2.05) is 13.8 Å². The van der Waals surface area contributed by atoms with Gasteiger partial charge in [-0.1, -0.05) is 59.5 Å². The van der Waals surface area contributed by atoms with Gasteiger partial charge in [0.2, 0.25) is 11.0 Å². The lowest BCUT2D eigenvalue weighted by Gasteiger charge is -2.20. The van der Waals surface area contributed by atoms with Crippen LogP contribution in [0.2, 0.25) is 0 Å². The Balaban J connectivity index is 1.49. The van der Waals surface area contributed by atoms with E-state index in [9.17, 15) is 14.4 Å². The highest BCUT2D eigenvalue weighted by atomic mass is 32.2. The second-order valence-corrected chi connectivity index (χ2v) is 9.14. The third-order valence-electron chi connectivity index (χ3n) is 4.37. The van der Waals surface area contributed by atoms with Crippen molar-refractivity contribution in [2.45, 2.75) is 24.2 Å². The van der Waals surface area contributed by atoms with Crippen LogP contribution in [0.3, 0.4) is 0 Å². The van der Waals surface area contributed by atoms with Gasteiger partial charge in [-0.15, -0.1) is 10.2 Å². The molecule has 0 atom stereocenters. The van der Waals surface area contributed by atoms with Gasteiger partial charge in [0.1, 0.15) is 0 Å². The van der Waals surface area contributed by atoms with E-state index in [0.717, 1.165) is 0 Å². The molecule has 152 valence electrons. The second kappa shape index (κ2) is 8.37. The molecule has 30 heavy (non-hydrogen) atoms. The van der Waals surface area contributed by atoms with E-state index >= 15 is 0 Å². The molecular formula is C21H18N4O3S2. The van der Waals surface area contributed by atoms with E-state index in [1.54, 1.807) is 42.5 Å². The zero-order chi connectivity index (χ0) is 21.3. The minimum atomic E-state index is -0.291. The number of hydrogen-bond donors (Lipinski definition) is 2. The van der Waals surface area contributed by atoms with Gasteiger partial charge in [-0.2, -0.15) is 0 Å². The summed E-state index contributed by atoms with van der Waals surface area (Å²) >= 11 is 2.64. The van der Waals surface area contributed by atoms with Gasteiger partial charge in [0, 0.05) is 22.7 Å². The Kier molecular flexibility index (Phi) is 5.65. The first-order chi connectivity index (χ1) is 14.4. The van der Waals surface area contributed by atoms with E-state index in [2.05, 4.69) is 20.8 Å². The maximum absolute atomic E-state index is 13.0. The first-order valence-corrected chi connectivity index (χ1v) is 11.1. The third kappa shape index (κ3) is 3.99. The molecule has 0 fully saturated rings. The molecule has 2 N–H and O–H groups in total. The molecule has 0 spiro atoms. The quantitative estimate of drug-likeness (QED) is 0.441. The predicted molar refractivity (Wildman–Crippen MR) is 118 cm³/mol.